The Morgan fingerprint density at radius 1 is 1.40 bits per heavy atom. The van der Waals surface area contributed by atoms with Crippen molar-refractivity contribution in [2.75, 3.05) is 33.9 Å². The molecule has 0 saturated carbocycles. The van der Waals surface area contributed by atoms with E-state index in [0.717, 1.165) is 26.1 Å². The van der Waals surface area contributed by atoms with Crippen LogP contribution in [0.5, 0.6) is 0 Å². The average Bonchev–Trinajstić information content (AvgIpc) is 2.24. The lowest BCUT2D eigenvalue weighted by molar-refractivity contribution is -0.140. The number of hydrogen-bond donors (Lipinski definition) is 0. The third kappa shape index (κ3) is 6.47. The van der Waals surface area contributed by atoms with Crippen LogP contribution in [0.3, 0.4) is 0 Å². The van der Waals surface area contributed by atoms with E-state index >= 15 is 0 Å². The first kappa shape index (κ1) is 14.4. The van der Waals surface area contributed by atoms with E-state index in [4.69, 9.17) is 4.74 Å². The summed E-state index contributed by atoms with van der Waals surface area (Å²) >= 11 is 0. The number of methoxy groups -OCH3 is 2. The normalized spacial score (nSPS) is 12.9. The molecule has 0 heterocycles. The number of rotatable bonds is 8. The maximum atomic E-state index is 10.9. The smallest absolute Gasteiger partial charge is 0.305 e. The second-order valence-corrected chi connectivity index (χ2v) is 3.61. The molecule has 0 amide bonds. The topological polar surface area (TPSA) is 38.8 Å². The maximum absolute atomic E-state index is 10.9. The van der Waals surface area contributed by atoms with Gasteiger partial charge in [-0.15, -0.1) is 0 Å². The van der Waals surface area contributed by atoms with Gasteiger partial charge in [0.1, 0.15) is 0 Å². The zero-order chi connectivity index (χ0) is 11.7. The van der Waals surface area contributed by atoms with Gasteiger partial charge in [-0.2, -0.15) is 0 Å². The van der Waals surface area contributed by atoms with Crippen LogP contribution in [0.25, 0.3) is 0 Å². The van der Waals surface area contributed by atoms with Crippen molar-refractivity contribution in [3.63, 3.8) is 0 Å². The van der Waals surface area contributed by atoms with E-state index in [1.807, 2.05) is 0 Å². The first-order valence-corrected chi connectivity index (χ1v) is 5.45. The Labute approximate surface area is 92.5 Å². The molecule has 1 unspecified atom stereocenters. The summed E-state index contributed by atoms with van der Waals surface area (Å²) in [6.45, 7) is 6.86. The molecule has 0 aromatic carbocycles. The number of carbonyl (C=O) groups is 1. The van der Waals surface area contributed by atoms with E-state index in [1.54, 1.807) is 7.11 Å². The van der Waals surface area contributed by atoms with Gasteiger partial charge in [0, 0.05) is 19.6 Å². The molecule has 0 rings (SSSR count). The minimum Gasteiger partial charge on any atom is -0.469 e. The predicted molar refractivity (Wildman–Crippen MR) is 59.8 cm³/mol. The van der Waals surface area contributed by atoms with Crippen molar-refractivity contribution in [1.29, 1.82) is 0 Å². The summed E-state index contributed by atoms with van der Waals surface area (Å²) in [5.41, 5.74) is 0. The van der Waals surface area contributed by atoms with Gasteiger partial charge < -0.3 is 9.47 Å². The summed E-state index contributed by atoms with van der Waals surface area (Å²) in [6.07, 6.45) is 1.33. The minimum atomic E-state index is -0.134. The molecule has 15 heavy (non-hydrogen) atoms. The molecule has 4 heteroatoms. The SMILES string of the molecule is CCN(CCCC(=O)OC)C(C)COC. The molecule has 4 nitrogen and oxygen atoms in total. The van der Waals surface area contributed by atoms with Crippen LogP contribution in [0, 0.1) is 0 Å². The molecular formula is C11H23NO3. The standard InChI is InChI=1S/C11H23NO3/c1-5-12(10(2)9-14-3)8-6-7-11(13)15-4/h10H,5-9H2,1-4H3. The van der Waals surface area contributed by atoms with Crippen LogP contribution in [-0.2, 0) is 14.3 Å². The lowest BCUT2D eigenvalue weighted by Crippen LogP contribution is -2.37. The summed E-state index contributed by atoms with van der Waals surface area (Å²) in [4.78, 5) is 13.2. The minimum absolute atomic E-state index is 0.134. The van der Waals surface area contributed by atoms with Gasteiger partial charge in [-0.05, 0) is 26.4 Å². The molecule has 0 spiro atoms. The molecule has 0 bridgehead atoms. The Bertz CT molecular complexity index is 173. The van der Waals surface area contributed by atoms with Gasteiger partial charge in [0.15, 0.2) is 0 Å². The van der Waals surface area contributed by atoms with Gasteiger partial charge >= 0.3 is 5.97 Å². The number of carbonyl (C=O) groups excluding carboxylic acids is 1. The van der Waals surface area contributed by atoms with Gasteiger partial charge in [-0.3, -0.25) is 9.69 Å². The van der Waals surface area contributed by atoms with Crippen molar-refractivity contribution in [3.8, 4) is 0 Å². The van der Waals surface area contributed by atoms with E-state index in [1.165, 1.54) is 7.11 Å². The van der Waals surface area contributed by atoms with Crippen molar-refractivity contribution >= 4 is 5.97 Å². The highest BCUT2D eigenvalue weighted by Crippen LogP contribution is 2.02. The third-order valence-electron chi connectivity index (χ3n) is 2.49. The number of ether oxygens (including phenoxy) is 2. The Morgan fingerprint density at radius 3 is 2.53 bits per heavy atom. The van der Waals surface area contributed by atoms with Crippen molar-refractivity contribution < 1.29 is 14.3 Å². The van der Waals surface area contributed by atoms with E-state index in [9.17, 15) is 4.79 Å². The lowest BCUT2D eigenvalue weighted by Gasteiger charge is -2.26. The van der Waals surface area contributed by atoms with E-state index in [-0.39, 0.29) is 5.97 Å². The summed E-state index contributed by atoms with van der Waals surface area (Å²) < 4.78 is 9.69. The van der Waals surface area contributed by atoms with Gasteiger partial charge in [-0.1, -0.05) is 6.92 Å². The van der Waals surface area contributed by atoms with Crippen LogP contribution >= 0.6 is 0 Å². The summed E-state index contributed by atoms with van der Waals surface area (Å²) in [7, 11) is 3.13. The maximum Gasteiger partial charge on any atom is 0.305 e. The second kappa shape index (κ2) is 8.68. The van der Waals surface area contributed by atoms with E-state index in [0.29, 0.717) is 12.5 Å². The molecule has 0 N–H and O–H groups in total. The van der Waals surface area contributed by atoms with Crippen LogP contribution in [0.2, 0.25) is 0 Å². The van der Waals surface area contributed by atoms with Crippen LogP contribution in [0.4, 0.5) is 0 Å². The van der Waals surface area contributed by atoms with Crippen LogP contribution < -0.4 is 0 Å². The summed E-state index contributed by atoms with van der Waals surface area (Å²) in [5.74, 6) is -0.134. The highest BCUT2D eigenvalue weighted by atomic mass is 16.5. The molecule has 0 aromatic heterocycles. The second-order valence-electron chi connectivity index (χ2n) is 3.61. The average molecular weight is 217 g/mol. The molecule has 0 fully saturated rings. The fraction of sp³-hybridized carbons (Fsp3) is 0.909. The van der Waals surface area contributed by atoms with Crippen molar-refractivity contribution in [1.82, 2.24) is 4.90 Å². The molecule has 0 aliphatic heterocycles. The molecule has 90 valence electrons. The fourth-order valence-electron chi connectivity index (χ4n) is 1.57. The van der Waals surface area contributed by atoms with Crippen LogP contribution in [0.1, 0.15) is 26.7 Å². The first-order valence-electron chi connectivity index (χ1n) is 5.45. The van der Waals surface area contributed by atoms with Gasteiger partial charge in [0.05, 0.1) is 13.7 Å². The predicted octanol–water partition coefficient (Wildman–Crippen LogP) is 1.30. The first-order chi connectivity index (χ1) is 7.15. The lowest BCUT2D eigenvalue weighted by atomic mass is 10.2. The van der Waals surface area contributed by atoms with E-state index < -0.39 is 0 Å². The zero-order valence-electron chi connectivity index (χ0n) is 10.3. The Balaban J connectivity index is 3.74. The monoisotopic (exact) mass is 217 g/mol. The Kier molecular flexibility index (Phi) is 8.33. The van der Waals surface area contributed by atoms with Crippen LogP contribution in [-0.4, -0.2) is 50.8 Å². The van der Waals surface area contributed by atoms with Crippen molar-refractivity contribution in [2.24, 2.45) is 0 Å². The van der Waals surface area contributed by atoms with Gasteiger partial charge in [0.2, 0.25) is 0 Å². The molecule has 0 aliphatic carbocycles. The van der Waals surface area contributed by atoms with Crippen molar-refractivity contribution in [3.05, 3.63) is 0 Å². The highest BCUT2D eigenvalue weighted by molar-refractivity contribution is 5.69. The molecular weight excluding hydrogens is 194 g/mol. The third-order valence-corrected chi connectivity index (χ3v) is 2.49. The number of nitrogens with zero attached hydrogens (tertiary/aromatic N) is 1. The number of hydrogen-bond acceptors (Lipinski definition) is 4. The molecule has 0 aromatic rings. The largest absolute Gasteiger partial charge is 0.469 e. The Hall–Kier alpha value is -0.610. The molecule has 0 radical (unpaired) electrons. The zero-order valence-corrected chi connectivity index (χ0v) is 10.3. The number of esters is 1. The Morgan fingerprint density at radius 2 is 2.07 bits per heavy atom. The molecule has 0 aliphatic rings. The van der Waals surface area contributed by atoms with Gasteiger partial charge in [0.25, 0.3) is 0 Å². The molecule has 0 saturated heterocycles. The summed E-state index contributed by atoms with van der Waals surface area (Å²) in [6, 6.07) is 0.401. The van der Waals surface area contributed by atoms with E-state index in [2.05, 4.69) is 23.5 Å². The molecule has 1 atom stereocenters. The summed E-state index contributed by atoms with van der Waals surface area (Å²) in [5, 5.41) is 0. The highest BCUT2D eigenvalue weighted by Gasteiger charge is 2.11. The van der Waals surface area contributed by atoms with Crippen LogP contribution in [0.15, 0.2) is 0 Å². The fourth-order valence-corrected chi connectivity index (χ4v) is 1.57. The van der Waals surface area contributed by atoms with Gasteiger partial charge in [-0.25, -0.2) is 0 Å². The van der Waals surface area contributed by atoms with Crippen molar-refractivity contribution in [2.45, 2.75) is 32.7 Å². The number of likely N-dealkylation sites (N-methyl/N-ethyl adjacent to an activating group) is 1. The quantitative estimate of drug-likeness (QED) is 0.574.